The monoisotopic (exact) mass is 338 g/mol. The molecule has 0 saturated carbocycles. The quantitative estimate of drug-likeness (QED) is 0.726. The molecule has 1 heterocycles. The minimum absolute atomic E-state index is 0.109. The third-order valence-corrected chi connectivity index (χ3v) is 4.74. The predicted octanol–water partition coefficient (Wildman–Crippen LogP) is 1.09. The van der Waals surface area contributed by atoms with Crippen molar-refractivity contribution in [3.8, 4) is 11.5 Å². The van der Waals surface area contributed by atoms with Crippen molar-refractivity contribution in [2.75, 3.05) is 0 Å². The van der Waals surface area contributed by atoms with E-state index in [1.54, 1.807) is 0 Å². The zero-order chi connectivity index (χ0) is 16.8. The minimum atomic E-state index is -4.09. The Bertz CT molecular complexity index is 896. The van der Waals surface area contributed by atoms with E-state index in [0.29, 0.717) is 5.56 Å². The van der Waals surface area contributed by atoms with Crippen LogP contribution in [0, 0.1) is 5.82 Å². The summed E-state index contributed by atoms with van der Waals surface area (Å²) in [6, 6.07) is 6.72. The highest BCUT2D eigenvalue weighted by Crippen LogP contribution is 2.36. The van der Waals surface area contributed by atoms with E-state index in [4.69, 9.17) is 0 Å². The van der Waals surface area contributed by atoms with Gasteiger partial charge >= 0.3 is 0 Å². The van der Waals surface area contributed by atoms with Gasteiger partial charge in [0.2, 0.25) is 0 Å². The highest BCUT2D eigenvalue weighted by molar-refractivity contribution is 7.89. The number of nitrogens with one attached hydrogen (secondary N) is 1. The molecule has 0 unspecified atom stereocenters. The molecule has 1 aliphatic heterocycles. The molecule has 7 nitrogen and oxygen atoms in total. The average molecular weight is 338 g/mol. The second kappa shape index (κ2) is 5.21. The lowest BCUT2D eigenvalue weighted by atomic mass is 10.1. The first-order chi connectivity index (χ1) is 10.8. The van der Waals surface area contributed by atoms with Crippen molar-refractivity contribution in [2.24, 2.45) is 0 Å². The number of fused-ring (bicyclic) bond motifs is 1. The van der Waals surface area contributed by atoms with Gasteiger partial charge in [-0.3, -0.25) is 9.80 Å². The van der Waals surface area contributed by atoms with E-state index >= 15 is 0 Å². The Hall–Kier alpha value is -2.65. The fourth-order valence-corrected chi connectivity index (χ4v) is 3.29. The normalized spacial score (nSPS) is 14.1. The second-order valence-electron chi connectivity index (χ2n) is 4.91. The number of benzene rings is 2. The molecule has 3 rings (SSSR count). The topological polar surface area (TPSA) is 107 Å². The van der Waals surface area contributed by atoms with Crippen LogP contribution in [0.5, 0.6) is 11.5 Å². The number of halogens is 1. The van der Waals surface area contributed by atoms with Crippen LogP contribution in [0.25, 0.3) is 0 Å². The largest absolute Gasteiger partial charge is 0.504 e. The lowest BCUT2D eigenvalue weighted by Crippen LogP contribution is -2.42. The number of sulfonamides is 1. The Balaban J connectivity index is 1.89. The summed E-state index contributed by atoms with van der Waals surface area (Å²) in [6.07, 6.45) is 0. The number of carbonyl (C=O) groups is 1. The maximum atomic E-state index is 12.9. The van der Waals surface area contributed by atoms with Crippen LogP contribution >= 0.6 is 0 Å². The van der Waals surface area contributed by atoms with Gasteiger partial charge in [0, 0.05) is 0 Å². The van der Waals surface area contributed by atoms with E-state index < -0.39 is 33.2 Å². The molecule has 0 spiro atoms. The molecule has 0 atom stereocenters. The van der Waals surface area contributed by atoms with Crippen molar-refractivity contribution in [2.45, 2.75) is 11.4 Å². The number of aromatic hydroxyl groups is 2. The molecule has 0 aromatic heterocycles. The van der Waals surface area contributed by atoms with Gasteiger partial charge in [-0.05, 0) is 35.9 Å². The number of rotatable bonds is 3. The van der Waals surface area contributed by atoms with Crippen molar-refractivity contribution in [3.05, 3.63) is 53.3 Å². The highest BCUT2D eigenvalue weighted by Gasteiger charge is 2.34. The van der Waals surface area contributed by atoms with Gasteiger partial charge in [0.1, 0.15) is 5.82 Å². The van der Waals surface area contributed by atoms with Gasteiger partial charge in [-0.1, -0.05) is 6.07 Å². The molecular weight excluding hydrogens is 327 g/mol. The molecule has 1 amide bonds. The van der Waals surface area contributed by atoms with E-state index in [0.717, 1.165) is 29.3 Å². The third kappa shape index (κ3) is 2.60. The highest BCUT2D eigenvalue weighted by atomic mass is 32.2. The molecule has 23 heavy (non-hydrogen) atoms. The SMILES string of the molecule is O=C1c2c(ccc(O)c2O)CN1NS(=O)(=O)c1ccc(F)cc1. The van der Waals surface area contributed by atoms with Crippen LogP contribution in [0.3, 0.4) is 0 Å². The molecular formula is C14H11FN2O5S. The maximum absolute atomic E-state index is 12.9. The number of phenolic OH excluding ortho intramolecular Hbond substituents is 2. The molecule has 9 heteroatoms. The fraction of sp³-hybridized carbons (Fsp3) is 0.0714. The van der Waals surface area contributed by atoms with Gasteiger partial charge in [0.15, 0.2) is 11.5 Å². The number of amides is 1. The Labute approximate surface area is 130 Å². The summed E-state index contributed by atoms with van der Waals surface area (Å²) in [4.78, 5) is 14.1. The van der Waals surface area contributed by atoms with Crippen LogP contribution in [-0.4, -0.2) is 29.5 Å². The van der Waals surface area contributed by atoms with Gasteiger partial charge in [-0.25, -0.2) is 12.8 Å². The van der Waals surface area contributed by atoms with Crippen LogP contribution in [0.15, 0.2) is 41.3 Å². The summed E-state index contributed by atoms with van der Waals surface area (Å²) in [5.41, 5.74) is 0.207. The van der Waals surface area contributed by atoms with Gasteiger partial charge in [0.25, 0.3) is 15.9 Å². The molecule has 0 saturated heterocycles. The van der Waals surface area contributed by atoms with Crippen LogP contribution in [0.2, 0.25) is 0 Å². The first-order valence-corrected chi connectivity index (χ1v) is 7.91. The lowest BCUT2D eigenvalue weighted by Gasteiger charge is -2.17. The maximum Gasteiger partial charge on any atom is 0.273 e. The van der Waals surface area contributed by atoms with Gasteiger partial charge in [0.05, 0.1) is 17.0 Å². The van der Waals surface area contributed by atoms with Crippen LogP contribution in [0.4, 0.5) is 4.39 Å². The summed E-state index contributed by atoms with van der Waals surface area (Å²) in [5.74, 6) is -2.45. The number of nitrogens with zero attached hydrogens (tertiary/aromatic N) is 1. The van der Waals surface area contributed by atoms with Crippen molar-refractivity contribution in [1.29, 1.82) is 0 Å². The molecule has 0 fully saturated rings. The van der Waals surface area contributed by atoms with Gasteiger partial charge < -0.3 is 10.2 Å². The summed E-state index contributed by atoms with van der Waals surface area (Å²) < 4.78 is 37.3. The van der Waals surface area contributed by atoms with E-state index in [-0.39, 0.29) is 17.0 Å². The molecule has 0 aliphatic carbocycles. The van der Waals surface area contributed by atoms with Crippen molar-refractivity contribution >= 4 is 15.9 Å². The minimum Gasteiger partial charge on any atom is -0.504 e. The molecule has 0 bridgehead atoms. The summed E-state index contributed by atoms with van der Waals surface area (Å²) in [6.45, 7) is -0.109. The molecule has 120 valence electrons. The third-order valence-electron chi connectivity index (χ3n) is 3.38. The first-order valence-electron chi connectivity index (χ1n) is 6.43. The van der Waals surface area contributed by atoms with E-state index in [9.17, 15) is 27.8 Å². The van der Waals surface area contributed by atoms with E-state index in [2.05, 4.69) is 4.83 Å². The van der Waals surface area contributed by atoms with Crippen molar-refractivity contribution in [1.82, 2.24) is 9.84 Å². The van der Waals surface area contributed by atoms with Crippen molar-refractivity contribution < 1.29 is 27.8 Å². The molecule has 1 aliphatic rings. The van der Waals surface area contributed by atoms with E-state index in [1.165, 1.54) is 12.1 Å². The summed E-state index contributed by atoms with van der Waals surface area (Å²) in [5, 5.41) is 20.0. The van der Waals surface area contributed by atoms with E-state index in [1.807, 2.05) is 0 Å². The predicted molar refractivity (Wildman–Crippen MR) is 76.4 cm³/mol. The van der Waals surface area contributed by atoms with Crippen LogP contribution in [-0.2, 0) is 16.6 Å². The summed E-state index contributed by atoms with van der Waals surface area (Å²) >= 11 is 0. The zero-order valence-electron chi connectivity index (χ0n) is 11.5. The Kier molecular flexibility index (Phi) is 3.46. The van der Waals surface area contributed by atoms with Crippen LogP contribution < -0.4 is 4.83 Å². The second-order valence-corrected chi connectivity index (χ2v) is 6.57. The lowest BCUT2D eigenvalue weighted by molar-refractivity contribution is 0.0739. The number of hydrogen-bond donors (Lipinski definition) is 3. The van der Waals surface area contributed by atoms with Crippen LogP contribution in [0.1, 0.15) is 15.9 Å². The average Bonchev–Trinajstić information content (AvgIpc) is 2.80. The Morgan fingerprint density at radius 2 is 1.74 bits per heavy atom. The van der Waals surface area contributed by atoms with Gasteiger partial charge in [-0.2, -0.15) is 0 Å². The molecule has 3 N–H and O–H groups in total. The summed E-state index contributed by atoms with van der Waals surface area (Å²) in [7, 11) is -4.09. The molecule has 0 radical (unpaired) electrons. The Morgan fingerprint density at radius 3 is 2.39 bits per heavy atom. The number of hydrazine groups is 1. The smallest absolute Gasteiger partial charge is 0.273 e. The Morgan fingerprint density at radius 1 is 1.09 bits per heavy atom. The number of hydrogen-bond acceptors (Lipinski definition) is 5. The standard InChI is InChI=1S/C14H11FN2O5S/c15-9-2-4-10(5-3-9)23(21,22)16-17-7-8-1-6-11(18)13(19)12(8)14(17)20/h1-6,16,18-19H,7H2. The van der Waals surface area contributed by atoms with Gasteiger partial charge in [-0.15, -0.1) is 4.83 Å². The fourth-order valence-electron chi connectivity index (χ4n) is 2.25. The number of phenols is 2. The number of carbonyl (C=O) groups excluding carboxylic acids is 1. The van der Waals surface area contributed by atoms with Crippen molar-refractivity contribution in [3.63, 3.8) is 0 Å². The molecule has 2 aromatic carbocycles. The zero-order valence-corrected chi connectivity index (χ0v) is 12.3. The molecule has 2 aromatic rings. The first kappa shape index (κ1) is 15.3.